The molecule has 2 aromatic carbocycles. The summed E-state index contributed by atoms with van der Waals surface area (Å²) in [6, 6.07) is 13.1. The van der Waals surface area contributed by atoms with Crippen molar-refractivity contribution in [2.45, 2.75) is 6.92 Å². The van der Waals surface area contributed by atoms with Gasteiger partial charge in [0.1, 0.15) is 18.1 Å². The van der Waals surface area contributed by atoms with Gasteiger partial charge in [0.05, 0.1) is 23.6 Å². The molecule has 0 saturated heterocycles. The van der Waals surface area contributed by atoms with Gasteiger partial charge in [0.15, 0.2) is 6.61 Å². The highest BCUT2D eigenvalue weighted by Gasteiger charge is 2.10. The molecule has 0 aliphatic carbocycles. The van der Waals surface area contributed by atoms with Gasteiger partial charge in [-0.2, -0.15) is 0 Å². The van der Waals surface area contributed by atoms with E-state index in [1.54, 1.807) is 30.3 Å². The zero-order valence-corrected chi connectivity index (χ0v) is 16.4. The number of nitro benzene ring substituents is 1. The van der Waals surface area contributed by atoms with Crippen LogP contribution in [0.2, 0.25) is 0 Å². The van der Waals surface area contributed by atoms with Gasteiger partial charge in [-0.1, -0.05) is 12.1 Å². The molecule has 0 atom stereocenters. The summed E-state index contributed by atoms with van der Waals surface area (Å²) < 4.78 is 15.6. The van der Waals surface area contributed by atoms with Crippen LogP contribution in [-0.4, -0.2) is 43.2 Å². The van der Waals surface area contributed by atoms with Crippen LogP contribution in [0.25, 0.3) is 6.08 Å². The van der Waals surface area contributed by atoms with Crippen LogP contribution in [0.1, 0.15) is 12.5 Å². The molecule has 0 fully saturated rings. The summed E-state index contributed by atoms with van der Waals surface area (Å²) in [5.41, 5.74) is 0.127. The van der Waals surface area contributed by atoms with Crippen molar-refractivity contribution in [3.05, 3.63) is 70.3 Å². The Morgan fingerprint density at radius 2 is 1.73 bits per heavy atom. The van der Waals surface area contributed by atoms with Crippen molar-refractivity contribution in [1.82, 2.24) is 5.32 Å². The van der Waals surface area contributed by atoms with Crippen LogP contribution < -0.4 is 14.8 Å². The van der Waals surface area contributed by atoms with E-state index in [0.717, 1.165) is 11.8 Å². The smallest absolute Gasteiger partial charge is 0.331 e. The number of esters is 1. The van der Waals surface area contributed by atoms with Crippen molar-refractivity contribution in [2.24, 2.45) is 0 Å². The van der Waals surface area contributed by atoms with Crippen molar-refractivity contribution < 1.29 is 28.7 Å². The summed E-state index contributed by atoms with van der Waals surface area (Å²) in [4.78, 5) is 33.8. The summed E-state index contributed by atoms with van der Waals surface area (Å²) in [7, 11) is 0. The Balaban J connectivity index is 1.67. The molecule has 0 aliphatic heterocycles. The first-order chi connectivity index (χ1) is 14.5. The molecular weight excluding hydrogens is 392 g/mol. The fourth-order valence-corrected chi connectivity index (χ4v) is 2.35. The number of carbonyl (C=O) groups is 2. The van der Waals surface area contributed by atoms with Gasteiger partial charge in [0.25, 0.3) is 11.6 Å². The number of amides is 1. The minimum absolute atomic E-state index is 0.133. The van der Waals surface area contributed by atoms with Crippen LogP contribution >= 0.6 is 0 Å². The van der Waals surface area contributed by atoms with Crippen molar-refractivity contribution in [3.8, 4) is 11.5 Å². The highest BCUT2D eigenvalue weighted by molar-refractivity contribution is 5.89. The van der Waals surface area contributed by atoms with Crippen LogP contribution in [0.4, 0.5) is 5.69 Å². The first-order valence-electron chi connectivity index (χ1n) is 9.20. The average molecular weight is 414 g/mol. The number of ether oxygens (including phenoxy) is 3. The maximum Gasteiger partial charge on any atom is 0.331 e. The molecule has 0 bridgehead atoms. The molecule has 9 heteroatoms. The van der Waals surface area contributed by atoms with Gasteiger partial charge in [-0.25, -0.2) is 4.79 Å². The Morgan fingerprint density at radius 3 is 2.40 bits per heavy atom. The second kappa shape index (κ2) is 11.8. The number of benzene rings is 2. The predicted molar refractivity (Wildman–Crippen MR) is 109 cm³/mol. The number of nitrogens with one attached hydrogen (secondary N) is 1. The third-order valence-electron chi connectivity index (χ3n) is 3.71. The van der Waals surface area contributed by atoms with E-state index in [9.17, 15) is 19.7 Å². The zero-order valence-electron chi connectivity index (χ0n) is 16.4. The van der Waals surface area contributed by atoms with Crippen LogP contribution in [-0.2, 0) is 14.3 Å². The Kier molecular flexibility index (Phi) is 8.85. The molecule has 0 unspecified atom stereocenters. The topological polar surface area (TPSA) is 117 Å². The SMILES string of the molecule is CCOc1ccc(OCCNC(=O)COC(=O)/C=C/c2ccccc2[N+](=O)[O-])cc1. The Labute approximate surface area is 173 Å². The second-order valence-corrected chi connectivity index (χ2v) is 5.86. The number of hydrogen-bond acceptors (Lipinski definition) is 7. The van der Waals surface area contributed by atoms with Crippen LogP contribution in [0, 0.1) is 10.1 Å². The van der Waals surface area contributed by atoms with Gasteiger partial charge < -0.3 is 19.5 Å². The number of carbonyl (C=O) groups excluding carboxylic acids is 2. The lowest BCUT2D eigenvalue weighted by atomic mass is 10.1. The van der Waals surface area contributed by atoms with E-state index in [1.165, 1.54) is 24.3 Å². The van der Waals surface area contributed by atoms with Gasteiger partial charge in [0.2, 0.25) is 0 Å². The van der Waals surface area contributed by atoms with Crippen molar-refractivity contribution in [2.75, 3.05) is 26.4 Å². The number of para-hydroxylation sites is 1. The summed E-state index contributed by atoms with van der Waals surface area (Å²) in [6.07, 6.45) is 2.30. The second-order valence-electron chi connectivity index (χ2n) is 5.86. The highest BCUT2D eigenvalue weighted by atomic mass is 16.6. The first kappa shape index (κ1) is 22.4. The Hall–Kier alpha value is -3.88. The van der Waals surface area contributed by atoms with E-state index < -0.39 is 23.4 Å². The molecule has 0 heterocycles. The van der Waals surface area contributed by atoms with Crippen LogP contribution in [0.15, 0.2) is 54.6 Å². The molecule has 9 nitrogen and oxygen atoms in total. The molecule has 0 spiro atoms. The first-order valence-corrected chi connectivity index (χ1v) is 9.20. The standard InChI is InChI=1S/C21H22N2O7/c1-2-28-17-8-10-18(11-9-17)29-14-13-22-20(24)15-30-21(25)12-7-16-5-3-4-6-19(16)23(26)27/h3-12H,2,13-15H2,1H3,(H,22,24)/b12-7+. The fraction of sp³-hybridized carbons (Fsp3) is 0.238. The fourth-order valence-electron chi connectivity index (χ4n) is 2.35. The van der Waals surface area contributed by atoms with Gasteiger partial charge in [-0.3, -0.25) is 14.9 Å². The predicted octanol–water partition coefficient (Wildman–Crippen LogP) is 2.75. The van der Waals surface area contributed by atoms with Crippen LogP contribution in [0.5, 0.6) is 11.5 Å². The van der Waals surface area contributed by atoms with E-state index in [4.69, 9.17) is 14.2 Å². The number of rotatable bonds is 11. The largest absolute Gasteiger partial charge is 0.494 e. The number of nitro groups is 1. The van der Waals surface area contributed by atoms with Gasteiger partial charge in [-0.15, -0.1) is 0 Å². The molecule has 1 amide bonds. The minimum atomic E-state index is -0.783. The Bertz CT molecular complexity index is 894. The van der Waals surface area contributed by atoms with E-state index in [2.05, 4.69) is 5.32 Å². The molecule has 158 valence electrons. The van der Waals surface area contributed by atoms with Crippen LogP contribution in [0.3, 0.4) is 0 Å². The molecule has 2 rings (SSSR count). The van der Waals surface area contributed by atoms with Crippen molar-refractivity contribution in [3.63, 3.8) is 0 Å². The van der Waals surface area contributed by atoms with Crippen molar-refractivity contribution in [1.29, 1.82) is 0 Å². The normalized spacial score (nSPS) is 10.4. The quantitative estimate of drug-likeness (QED) is 0.197. The summed E-state index contributed by atoms with van der Waals surface area (Å²) in [5, 5.41) is 13.5. The zero-order chi connectivity index (χ0) is 21.8. The third-order valence-corrected chi connectivity index (χ3v) is 3.71. The number of nitrogens with zero attached hydrogens (tertiary/aromatic N) is 1. The molecule has 0 saturated carbocycles. The van der Waals surface area contributed by atoms with Gasteiger partial charge in [0, 0.05) is 12.1 Å². The molecule has 0 aliphatic rings. The van der Waals surface area contributed by atoms with E-state index in [1.807, 2.05) is 6.92 Å². The lowest BCUT2D eigenvalue weighted by Crippen LogP contribution is -2.31. The van der Waals surface area contributed by atoms with E-state index in [-0.39, 0.29) is 24.4 Å². The highest BCUT2D eigenvalue weighted by Crippen LogP contribution is 2.19. The van der Waals surface area contributed by atoms with Crippen molar-refractivity contribution >= 4 is 23.6 Å². The maximum absolute atomic E-state index is 11.7. The molecular formula is C21H22N2O7. The average Bonchev–Trinajstić information content (AvgIpc) is 2.75. The lowest BCUT2D eigenvalue weighted by molar-refractivity contribution is -0.385. The molecule has 1 N–H and O–H groups in total. The lowest BCUT2D eigenvalue weighted by Gasteiger charge is -2.09. The van der Waals surface area contributed by atoms with E-state index in [0.29, 0.717) is 12.4 Å². The van der Waals surface area contributed by atoms with Gasteiger partial charge >= 0.3 is 5.97 Å². The summed E-state index contributed by atoms with van der Waals surface area (Å²) in [5.74, 6) is 0.113. The molecule has 0 radical (unpaired) electrons. The Morgan fingerprint density at radius 1 is 1.07 bits per heavy atom. The minimum Gasteiger partial charge on any atom is -0.494 e. The van der Waals surface area contributed by atoms with E-state index >= 15 is 0 Å². The molecule has 0 aromatic heterocycles. The molecule has 30 heavy (non-hydrogen) atoms. The number of hydrogen-bond donors (Lipinski definition) is 1. The van der Waals surface area contributed by atoms with Gasteiger partial charge in [-0.05, 0) is 43.3 Å². The molecule has 2 aromatic rings. The monoisotopic (exact) mass is 414 g/mol. The third kappa shape index (κ3) is 7.63. The summed E-state index contributed by atoms with van der Waals surface area (Å²) in [6.45, 7) is 2.48. The maximum atomic E-state index is 11.7. The summed E-state index contributed by atoms with van der Waals surface area (Å²) >= 11 is 0.